The number of ether oxygens (including phenoxy) is 4. The maximum atomic E-state index is 12.6. The third kappa shape index (κ3) is 8.78. The zero-order chi connectivity index (χ0) is 23.2. The summed E-state index contributed by atoms with van der Waals surface area (Å²) in [6.45, 7) is 2.39. The van der Waals surface area contributed by atoms with Crippen LogP contribution in [-0.2, 0) is 19.0 Å². The van der Waals surface area contributed by atoms with Gasteiger partial charge >= 0.3 is 12.1 Å². The van der Waals surface area contributed by atoms with E-state index < -0.39 is 24.3 Å². The number of carbonyl (C=O) groups is 2. The van der Waals surface area contributed by atoms with Crippen molar-refractivity contribution in [3.05, 3.63) is 60.2 Å². The topological polar surface area (TPSA) is 103 Å². The van der Waals surface area contributed by atoms with Crippen molar-refractivity contribution < 1.29 is 33.6 Å². The Morgan fingerprint density at radius 1 is 1.06 bits per heavy atom. The average Bonchev–Trinajstić information content (AvgIpc) is 2.81. The molecular formula is C23H29NO7S. The first-order valence-electron chi connectivity index (χ1n) is 10.3. The highest BCUT2D eigenvalue weighted by molar-refractivity contribution is 7.81. The maximum absolute atomic E-state index is 12.6. The van der Waals surface area contributed by atoms with Crippen molar-refractivity contribution in [3.8, 4) is 5.75 Å². The number of anilines is 1. The number of thiol groups is 1. The predicted molar refractivity (Wildman–Crippen MR) is 123 cm³/mol. The zero-order valence-electron chi connectivity index (χ0n) is 17.9. The molecule has 0 saturated carbocycles. The number of nitrogens with one attached hydrogen (secondary N) is 1. The third-order valence-corrected chi connectivity index (χ3v) is 4.59. The van der Waals surface area contributed by atoms with Gasteiger partial charge in [0.2, 0.25) is 0 Å². The minimum Gasteiger partial charge on any atom is -0.491 e. The Hall–Kier alpha value is -2.75. The number of hydrogen-bond donors (Lipinski definition) is 3. The monoisotopic (exact) mass is 463 g/mol. The van der Waals surface area contributed by atoms with Crippen molar-refractivity contribution in [2.75, 3.05) is 37.5 Å². The van der Waals surface area contributed by atoms with Crippen LogP contribution in [0, 0.1) is 0 Å². The molecule has 0 radical (unpaired) electrons. The van der Waals surface area contributed by atoms with Crippen LogP contribution >= 0.6 is 12.6 Å². The van der Waals surface area contributed by atoms with E-state index in [4.69, 9.17) is 24.1 Å². The fourth-order valence-corrected chi connectivity index (χ4v) is 3.02. The van der Waals surface area contributed by atoms with Crippen LogP contribution in [0.4, 0.5) is 10.5 Å². The molecule has 32 heavy (non-hydrogen) atoms. The van der Waals surface area contributed by atoms with Gasteiger partial charge in [-0.05, 0) is 36.8 Å². The van der Waals surface area contributed by atoms with E-state index >= 15 is 0 Å². The summed E-state index contributed by atoms with van der Waals surface area (Å²) in [7, 11) is 0. The highest BCUT2D eigenvalue weighted by Crippen LogP contribution is 2.28. The Morgan fingerprint density at radius 2 is 1.78 bits per heavy atom. The molecule has 0 saturated heterocycles. The van der Waals surface area contributed by atoms with E-state index in [1.54, 1.807) is 48.5 Å². The predicted octanol–water partition coefficient (Wildman–Crippen LogP) is 3.62. The second kappa shape index (κ2) is 14.3. The number of carbonyl (C=O) groups excluding carboxylic acids is 2. The van der Waals surface area contributed by atoms with E-state index in [0.29, 0.717) is 30.0 Å². The first-order chi connectivity index (χ1) is 15.6. The van der Waals surface area contributed by atoms with Gasteiger partial charge in [-0.15, -0.1) is 0 Å². The van der Waals surface area contributed by atoms with E-state index in [1.165, 1.54) is 0 Å². The van der Waals surface area contributed by atoms with E-state index in [2.05, 4.69) is 17.9 Å². The normalized spacial score (nSPS) is 12.5. The van der Waals surface area contributed by atoms with Gasteiger partial charge in [-0.25, -0.2) is 4.79 Å². The van der Waals surface area contributed by atoms with Gasteiger partial charge in [0.15, 0.2) is 6.10 Å². The second-order valence-electron chi connectivity index (χ2n) is 6.62. The quantitative estimate of drug-likeness (QED) is 0.308. The molecule has 2 atom stereocenters. The van der Waals surface area contributed by atoms with Crippen LogP contribution in [0.25, 0.3) is 0 Å². The lowest BCUT2D eigenvalue weighted by Crippen LogP contribution is -2.30. The number of esters is 1. The molecule has 2 N–H and O–H groups in total. The van der Waals surface area contributed by atoms with Crippen LogP contribution < -0.4 is 10.1 Å². The molecule has 9 heteroatoms. The van der Waals surface area contributed by atoms with Crippen molar-refractivity contribution >= 4 is 30.4 Å². The van der Waals surface area contributed by atoms with Gasteiger partial charge in [-0.3, -0.25) is 10.1 Å². The van der Waals surface area contributed by atoms with E-state index in [9.17, 15) is 9.59 Å². The fraction of sp³-hybridized carbons (Fsp3) is 0.391. The molecule has 0 aromatic heterocycles. The molecule has 0 unspecified atom stereocenters. The first-order valence-corrected chi connectivity index (χ1v) is 10.9. The van der Waals surface area contributed by atoms with Gasteiger partial charge in [0.1, 0.15) is 18.5 Å². The number of para-hydroxylation sites is 1. The zero-order valence-corrected chi connectivity index (χ0v) is 18.8. The first kappa shape index (κ1) is 25.5. The molecule has 0 aliphatic heterocycles. The second-order valence-corrected chi connectivity index (χ2v) is 6.94. The van der Waals surface area contributed by atoms with Gasteiger partial charge in [-0.1, -0.05) is 30.3 Å². The molecule has 2 rings (SSSR count). The van der Waals surface area contributed by atoms with Crippen molar-refractivity contribution in [3.63, 3.8) is 0 Å². The van der Waals surface area contributed by atoms with Crippen molar-refractivity contribution in [2.45, 2.75) is 25.6 Å². The molecule has 0 spiro atoms. The van der Waals surface area contributed by atoms with Gasteiger partial charge in [0.25, 0.3) is 0 Å². The maximum Gasteiger partial charge on any atom is 0.412 e. The minimum atomic E-state index is -0.764. The lowest BCUT2D eigenvalue weighted by molar-refractivity contribution is -0.142. The molecule has 0 bridgehead atoms. The van der Waals surface area contributed by atoms with Gasteiger partial charge < -0.3 is 24.1 Å². The molecule has 0 aliphatic carbocycles. The molecule has 0 aliphatic rings. The van der Waals surface area contributed by atoms with Gasteiger partial charge in [-0.2, -0.15) is 12.6 Å². The van der Waals surface area contributed by atoms with Gasteiger partial charge in [0, 0.05) is 18.7 Å². The Kier molecular flexibility index (Phi) is 11.4. The SMILES string of the molecule is CCO[C@H](CCOC(=O)CS)[C@H](OC(=O)Nc1ccccc1)c1ccc(OCCO)cc1. The van der Waals surface area contributed by atoms with E-state index in [0.717, 1.165) is 0 Å². The largest absolute Gasteiger partial charge is 0.491 e. The Morgan fingerprint density at radius 3 is 2.41 bits per heavy atom. The molecule has 2 aromatic carbocycles. The number of aliphatic hydroxyl groups excluding tert-OH is 1. The molecule has 1 amide bonds. The number of rotatable bonds is 13. The smallest absolute Gasteiger partial charge is 0.412 e. The molecule has 2 aromatic rings. The molecular weight excluding hydrogens is 434 g/mol. The number of benzene rings is 2. The molecule has 0 heterocycles. The minimum absolute atomic E-state index is 0.0198. The highest BCUT2D eigenvalue weighted by Gasteiger charge is 2.28. The number of aliphatic hydroxyl groups is 1. The number of hydrogen-bond acceptors (Lipinski definition) is 8. The third-order valence-electron chi connectivity index (χ3n) is 4.34. The Labute approximate surface area is 193 Å². The van der Waals surface area contributed by atoms with Crippen molar-refractivity contribution in [1.82, 2.24) is 0 Å². The summed E-state index contributed by atoms with van der Waals surface area (Å²) in [5.41, 5.74) is 1.28. The van der Waals surface area contributed by atoms with Crippen LogP contribution in [0.3, 0.4) is 0 Å². The van der Waals surface area contributed by atoms with E-state index in [-0.39, 0.29) is 25.6 Å². The summed E-state index contributed by atoms with van der Waals surface area (Å²) < 4.78 is 22.1. The lowest BCUT2D eigenvalue weighted by atomic mass is 10.0. The lowest BCUT2D eigenvalue weighted by Gasteiger charge is -2.27. The molecule has 174 valence electrons. The summed E-state index contributed by atoms with van der Waals surface area (Å²) in [6.07, 6.45) is -1.64. The summed E-state index contributed by atoms with van der Waals surface area (Å²) in [4.78, 5) is 24.0. The van der Waals surface area contributed by atoms with Crippen LogP contribution in [0.1, 0.15) is 25.0 Å². The van der Waals surface area contributed by atoms with Crippen LogP contribution in [0.15, 0.2) is 54.6 Å². The highest BCUT2D eigenvalue weighted by atomic mass is 32.1. The molecule has 8 nitrogen and oxygen atoms in total. The fourth-order valence-electron chi connectivity index (χ4n) is 2.93. The van der Waals surface area contributed by atoms with Crippen molar-refractivity contribution in [1.29, 1.82) is 0 Å². The van der Waals surface area contributed by atoms with Crippen LogP contribution in [0.2, 0.25) is 0 Å². The van der Waals surface area contributed by atoms with Crippen LogP contribution in [-0.4, -0.2) is 55.5 Å². The standard InChI is InChI=1S/C23H29NO7S/c1-2-28-20(12-14-30-21(26)16-32)22(17-8-10-19(11-9-17)29-15-13-25)31-23(27)24-18-6-4-3-5-7-18/h3-11,20,22,25,32H,2,12-16H2,1H3,(H,24,27)/t20-,22-/m1/s1. The van der Waals surface area contributed by atoms with E-state index in [1.807, 2.05) is 13.0 Å². The number of amides is 1. The Balaban J connectivity index is 2.18. The Bertz CT molecular complexity index is 817. The van der Waals surface area contributed by atoms with Crippen molar-refractivity contribution in [2.24, 2.45) is 0 Å². The van der Waals surface area contributed by atoms with Gasteiger partial charge in [0.05, 0.1) is 19.0 Å². The summed E-state index contributed by atoms with van der Waals surface area (Å²) in [5.74, 6) is 0.118. The summed E-state index contributed by atoms with van der Waals surface area (Å²) >= 11 is 3.89. The summed E-state index contributed by atoms with van der Waals surface area (Å²) in [6, 6.07) is 15.9. The summed E-state index contributed by atoms with van der Waals surface area (Å²) in [5, 5.41) is 11.6. The molecule has 0 fully saturated rings. The average molecular weight is 464 g/mol. The van der Waals surface area contributed by atoms with Crippen LogP contribution in [0.5, 0.6) is 5.75 Å².